The van der Waals surface area contributed by atoms with Crippen molar-refractivity contribution in [1.29, 1.82) is 0 Å². The van der Waals surface area contributed by atoms with E-state index in [0.717, 1.165) is 0 Å². The second-order valence-electron chi connectivity index (χ2n) is 3.77. The molecule has 0 saturated carbocycles. The summed E-state index contributed by atoms with van der Waals surface area (Å²) in [6, 6.07) is 6.18. The number of nitro benzene ring substituents is 1. The summed E-state index contributed by atoms with van der Waals surface area (Å²) in [5.74, 6) is 0. The van der Waals surface area contributed by atoms with Gasteiger partial charge in [0.05, 0.1) is 11.3 Å². The molecule has 3 rings (SSSR count). The van der Waals surface area contributed by atoms with Crippen LogP contribution < -0.4 is 5.56 Å². The van der Waals surface area contributed by atoms with Crippen molar-refractivity contribution in [3.8, 4) is 5.69 Å². The third-order valence-electron chi connectivity index (χ3n) is 2.69. The molecule has 0 aliphatic carbocycles. The molecule has 0 aliphatic rings. The Balaban J connectivity index is 2.37. The van der Waals surface area contributed by atoms with Gasteiger partial charge >= 0.3 is 0 Å². The lowest BCUT2D eigenvalue weighted by atomic mass is 10.2. The van der Waals surface area contributed by atoms with Gasteiger partial charge in [-0.1, -0.05) is 12.1 Å². The van der Waals surface area contributed by atoms with Crippen LogP contribution in [0.1, 0.15) is 0 Å². The van der Waals surface area contributed by atoms with Crippen molar-refractivity contribution in [3.05, 3.63) is 57.4 Å². The number of fused-ring (bicyclic) bond motifs is 1. The fourth-order valence-electron chi connectivity index (χ4n) is 1.86. The van der Waals surface area contributed by atoms with Gasteiger partial charge in [-0.05, 0) is 6.07 Å². The minimum absolute atomic E-state index is 0.0859. The lowest BCUT2D eigenvalue weighted by molar-refractivity contribution is -0.384. The molecule has 2 heterocycles. The van der Waals surface area contributed by atoms with Gasteiger partial charge in [0.2, 0.25) is 0 Å². The molecule has 0 saturated heterocycles. The van der Waals surface area contributed by atoms with E-state index in [1.165, 1.54) is 23.3 Å². The van der Waals surface area contributed by atoms with Gasteiger partial charge in [-0.2, -0.15) is 4.98 Å². The Morgan fingerprint density at radius 3 is 2.84 bits per heavy atom. The SMILES string of the molecule is O=c1ncn(-c2ccccc2[N+](=O)[O-])c2nc[nH]c12. The quantitative estimate of drug-likeness (QED) is 0.544. The predicted molar refractivity (Wildman–Crippen MR) is 66.1 cm³/mol. The first-order chi connectivity index (χ1) is 9.18. The molecule has 0 unspecified atom stereocenters. The Morgan fingerprint density at radius 2 is 2.05 bits per heavy atom. The van der Waals surface area contributed by atoms with Gasteiger partial charge < -0.3 is 4.98 Å². The number of para-hydroxylation sites is 2. The van der Waals surface area contributed by atoms with Crippen molar-refractivity contribution in [2.75, 3.05) is 0 Å². The number of hydrogen-bond acceptors (Lipinski definition) is 5. The molecule has 8 heteroatoms. The smallest absolute Gasteiger partial charge is 0.298 e. The van der Waals surface area contributed by atoms with Crippen molar-refractivity contribution in [1.82, 2.24) is 19.5 Å². The summed E-state index contributed by atoms with van der Waals surface area (Å²) < 4.78 is 1.41. The maximum atomic E-state index is 11.5. The van der Waals surface area contributed by atoms with Crippen LogP contribution in [0.15, 0.2) is 41.7 Å². The largest absolute Gasteiger partial charge is 0.339 e. The summed E-state index contributed by atoms with van der Waals surface area (Å²) >= 11 is 0. The van der Waals surface area contributed by atoms with E-state index < -0.39 is 10.5 Å². The molecule has 0 fully saturated rings. The number of nitrogens with zero attached hydrogens (tertiary/aromatic N) is 4. The zero-order valence-corrected chi connectivity index (χ0v) is 9.48. The number of aromatic amines is 1. The maximum Gasteiger partial charge on any atom is 0.298 e. The van der Waals surface area contributed by atoms with Gasteiger partial charge in [0, 0.05) is 6.07 Å². The average Bonchev–Trinajstić information content (AvgIpc) is 2.89. The number of benzene rings is 1. The second kappa shape index (κ2) is 4.02. The Kier molecular flexibility index (Phi) is 2.34. The van der Waals surface area contributed by atoms with Gasteiger partial charge in [-0.3, -0.25) is 19.5 Å². The Morgan fingerprint density at radius 1 is 1.26 bits per heavy atom. The van der Waals surface area contributed by atoms with E-state index in [1.807, 2.05) is 0 Å². The standard InChI is InChI=1S/C11H7N5O3/c17-11-9-10(13-5-12-9)15(6-14-11)7-3-1-2-4-8(7)16(18)19/h1-6H,(H,12,13). The van der Waals surface area contributed by atoms with Crippen molar-refractivity contribution >= 4 is 16.9 Å². The van der Waals surface area contributed by atoms with Crippen LogP contribution in [0.4, 0.5) is 5.69 Å². The molecule has 94 valence electrons. The van der Waals surface area contributed by atoms with Crippen LogP contribution in [0.5, 0.6) is 0 Å². The predicted octanol–water partition coefficient (Wildman–Crippen LogP) is 1.02. The first kappa shape index (κ1) is 11.1. The van der Waals surface area contributed by atoms with Crippen LogP contribution in [0.25, 0.3) is 16.9 Å². The molecule has 2 aromatic heterocycles. The lowest BCUT2D eigenvalue weighted by Gasteiger charge is -2.06. The van der Waals surface area contributed by atoms with Crippen LogP contribution >= 0.6 is 0 Å². The summed E-state index contributed by atoms with van der Waals surface area (Å²) in [7, 11) is 0. The molecular weight excluding hydrogens is 250 g/mol. The Bertz CT molecular complexity index is 835. The molecular formula is C11H7N5O3. The Hall–Kier alpha value is -3.03. The number of hydrogen-bond donors (Lipinski definition) is 1. The zero-order chi connectivity index (χ0) is 13.4. The lowest BCUT2D eigenvalue weighted by Crippen LogP contribution is -2.12. The van der Waals surface area contributed by atoms with E-state index in [2.05, 4.69) is 15.0 Å². The normalized spacial score (nSPS) is 10.7. The van der Waals surface area contributed by atoms with Gasteiger partial charge in [0.1, 0.15) is 12.0 Å². The molecule has 1 aromatic carbocycles. The molecule has 0 aliphatic heterocycles. The fraction of sp³-hybridized carbons (Fsp3) is 0. The second-order valence-corrected chi connectivity index (χ2v) is 3.77. The Labute approximate surface area is 105 Å². The first-order valence-electron chi connectivity index (χ1n) is 5.33. The summed E-state index contributed by atoms with van der Waals surface area (Å²) in [5.41, 5.74) is 0.270. The zero-order valence-electron chi connectivity index (χ0n) is 9.48. The monoisotopic (exact) mass is 257 g/mol. The number of rotatable bonds is 2. The van der Waals surface area contributed by atoms with Crippen molar-refractivity contribution in [2.24, 2.45) is 0 Å². The van der Waals surface area contributed by atoms with Crippen molar-refractivity contribution < 1.29 is 4.92 Å². The maximum absolute atomic E-state index is 11.5. The van der Waals surface area contributed by atoms with E-state index in [0.29, 0.717) is 11.3 Å². The van der Waals surface area contributed by atoms with Crippen LogP contribution in [0.3, 0.4) is 0 Å². The van der Waals surface area contributed by atoms with Gasteiger partial charge in [0.15, 0.2) is 11.2 Å². The summed E-state index contributed by atoms with van der Waals surface area (Å²) in [5, 5.41) is 11.0. The van der Waals surface area contributed by atoms with E-state index in [-0.39, 0.29) is 11.2 Å². The highest BCUT2D eigenvalue weighted by molar-refractivity contribution is 5.72. The van der Waals surface area contributed by atoms with Gasteiger partial charge in [0.25, 0.3) is 11.2 Å². The van der Waals surface area contributed by atoms with Gasteiger partial charge in [-0.15, -0.1) is 0 Å². The molecule has 0 bridgehead atoms. The minimum Gasteiger partial charge on any atom is -0.339 e. The van der Waals surface area contributed by atoms with E-state index >= 15 is 0 Å². The molecule has 0 spiro atoms. The van der Waals surface area contributed by atoms with Crippen LogP contribution in [0, 0.1) is 10.1 Å². The van der Waals surface area contributed by atoms with Crippen LogP contribution in [-0.4, -0.2) is 24.4 Å². The van der Waals surface area contributed by atoms with Crippen LogP contribution in [-0.2, 0) is 0 Å². The highest BCUT2D eigenvalue weighted by Gasteiger charge is 2.17. The van der Waals surface area contributed by atoms with Crippen molar-refractivity contribution in [2.45, 2.75) is 0 Å². The third-order valence-corrected chi connectivity index (χ3v) is 2.69. The number of nitrogens with one attached hydrogen (secondary N) is 1. The summed E-state index contributed by atoms with van der Waals surface area (Å²) in [6.45, 7) is 0. The van der Waals surface area contributed by atoms with E-state index in [4.69, 9.17) is 0 Å². The highest BCUT2D eigenvalue weighted by atomic mass is 16.6. The highest BCUT2D eigenvalue weighted by Crippen LogP contribution is 2.23. The van der Waals surface area contributed by atoms with Crippen LogP contribution in [0.2, 0.25) is 0 Å². The topological polar surface area (TPSA) is 107 Å². The summed E-state index contributed by atoms with van der Waals surface area (Å²) in [4.78, 5) is 32.4. The molecule has 1 N–H and O–H groups in total. The van der Waals surface area contributed by atoms with E-state index in [9.17, 15) is 14.9 Å². The van der Waals surface area contributed by atoms with Gasteiger partial charge in [-0.25, -0.2) is 4.98 Å². The fourth-order valence-corrected chi connectivity index (χ4v) is 1.86. The summed E-state index contributed by atoms with van der Waals surface area (Å²) in [6.07, 6.45) is 2.58. The van der Waals surface area contributed by atoms with E-state index in [1.54, 1.807) is 18.2 Å². The minimum atomic E-state index is -0.494. The number of H-pyrrole nitrogens is 1. The molecule has 8 nitrogen and oxygen atoms in total. The molecule has 3 aromatic rings. The average molecular weight is 257 g/mol. The molecule has 0 atom stereocenters. The number of aromatic nitrogens is 4. The third kappa shape index (κ3) is 1.66. The number of imidazole rings is 1. The number of nitro groups is 1. The molecule has 0 amide bonds. The molecule has 19 heavy (non-hydrogen) atoms. The molecule has 0 radical (unpaired) electrons. The first-order valence-corrected chi connectivity index (χ1v) is 5.33. The van der Waals surface area contributed by atoms with Crippen molar-refractivity contribution in [3.63, 3.8) is 0 Å².